The van der Waals surface area contributed by atoms with Gasteiger partial charge in [0, 0.05) is 36.4 Å². The molecule has 2 heterocycles. The number of nitrogens with two attached hydrogens (primary N) is 2. The van der Waals surface area contributed by atoms with Crippen LogP contribution in [0.4, 0.5) is 18.9 Å². The highest BCUT2D eigenvalue weighted by Gasteiger charge is 2.27. The van der Waals surface area contributed by atoms with E-state index in [1.807, 2.05) is 0 Å². The number of aromatic nitrogens is 2. The second-order valence-corrected chi connectivity index (χ2v) is 7.53. The number of nitrogens with one attached hydrogen (secondary N) is 1. The van der Waals surface area contributed by atoms with Crippen LogP contribution in [0.5, 0.6) is 0 Å². The van der Waals surface area contributed by atoms with E-state index < -0.39 is 35.3 Å². The highest BCUT2D eigenvalue weighted by Crippen LogP contribution is 2.32. The largest absolute Gasteiger partial charge is 0.394 e. The molecule has 12 heteroatoms. The maximum Gasteiger partial charge on any atom is 0.285 e. The van der Waals surface area contributed by atoms with Gasteiger partial charge in [0.05, 0.1) is 17.9 Å². The quantitative estimate of drug-likeness (QED) is 0.580. The predicted octanol–water partition coefficient (Wildman–Crippen LogP) is 2.61. The van der Waals surface area contributed by atoms with Crippen molar-refractivity contribution in [1.29, 1.82) is 0 Å². The van der Waals surface area contributed by atoms with E-state index >= 15 is 0 Å². The summed E-state index contributed by atoms with van der Waals surface area (Å²) in [6.45, 7) is 1.95. The van der Waals surface area contributed by atoms with Crippen LogP contribution in [-0.4, -0.2) is 34.9 Å². The van der Waals surface area contributed by atoms with Gasteiger partial charge in [-0.25, -0.2) is 18.3 Å². The zero-order chi connectivity index (χ0) is 23.6. The summed E-state index contributed by atoms with van der Waals surface area (Å²) in [6.07, 6.45) is -1.27. The molecule has 1 amide bonds. The van der Waals surface area contributed by atoms with Gasteiger partial charge in [-0.3, -0.25) is 14.6 Å². The molecule has 1 aliphatic heterocycles. The van der Waals surface area contributed by atoms with E-state index in [-0.39, 0.29) is 34.8 Å². The lowest BCUT2D eigenvalue weighted by Gasteiger charge is -2.32. The van der Waals surface area contributed by atoms with E-state index in [4.69, 9.17) is 23.1 Å². The van der Waals surface area contributed by atoms with Crippen molar-refractivity contribution in [2.24, 2.45) is 16.5 Å². The molecule has 1 aliphatic rings. The SMILES string of the molecule is C[C@H](N=C1CCN(c2cn[nH]c(=O)c2Cl)CC1=C(N)C(N)=O)c1ccc(F)cc1C(F)F. The molecule has 0 radical (unpaired) electrons. The van der Waals surface area contributed by atoms with E-state index in [2.05, 4.69) is 15.2 Å². The van der Waals surface area contributed by atoms with Crippen molar-refractivity contribution in [3.8, 4) is 0 Å². The molecule has 1 aromatic heterocycles. The Bertz CT molecular complexity index is 1160. The summed E-state index contributed by atoms with van der Waals surface area (Å²) < 4.78 is 40.3. The van der Waals surface area contributed by atoms with Crippen LogP contribution in [0, 0.1) is 5.82 Å². The highest BCUT2D eigenvalue weighted by molar-refractivity contribution is 6.33. The summed E-state index contributed by atoms with van der Waals surface area (Å²) in [5.41, 5.74) is 11.1. The fourth-order valence-electron chi connectivity index (χ4n) is 3.50. The summed E-state index contributed by atoms with van der Waals surface area (Å²) in [5.74, 6) is -1.66. The van der Waals surface area contributed by atoms with E-state index in [1.165, 1.54) is 12.3 Å². The zero-order valence-electron chi connectivity index (χ0n) is 16.9. The van der Waals surface area contributed by atoms with Gasteiger partial charge in [-0.2, -0.15) is 5.10 Å². The molecule has 170 valence electrons. The predicted molar refractivity (Wildman–Crippen MR) is 114 cm³/mol. The van der Waals surface area contributed by atoms with Crippen molar-refractivity contribution in [3.63, 3.8) is 0 Å². The maximum absolute atomic E-state index is 13.5. The number of hydrogen-bond donors (Lipinski definition) is 3. The van der Waals surface area contributed by atoms with Crippen LogP contribution in [0.15, 0.2) is 45.5 Å². The van der Waals surface area contributed by atoms with Crippen LogP contribution in [0.1, 0.15) is 36.9 Å². The van der Waals surface area contributed by atoms with Gasteiger partial charge in [-0.15, -0.1) is 0 Å². The number of hydrogen-bond acceptors (Lipinski definition) is 6. The number of rotatable bonds is 5. The van der Waals surface area contributed by atoms with Gasteiger partial charge in [-0.1, -0.05) is 17.7 Å². The Morgan fingerprint density at radius 3 is 2.69 bits per heavy atom. The molecule has 5 N–H and O–H groups in total. The Hall–Kier alpha value is -3.34. The van der Waals surface area contributed by atoms with Crippen molar-refractivity contribution in [1.82, 2.24) is 10.2 Å². The number of primary amides is 1. The number of halogens is 4. The minimum atomic E-state index is -2.89. The highest BCUT2D eigenvalue weighted by atomic mass is 35.5. The van der Waals surface area contributed by atoms with Gasteiger partial charge in [-0.05, 0) is 24.6 Å². The molecule has 0 unspecified atom stereocenters. The Morgan fingerprint density at radius 2 is 2.03 bits per heavy atom. The van der Waals surface area contributed by atoms with Gasteiger partial charge < -0.3 is 16.4 Å². The first-order valence-corrected chi connectivity index (χ1v) is 9.89. The normalized spacial score (nSPS) is 18.2. The van der Waals surface area contributed by atoms with Crippen molar-refractivity contribution < 1.29 is 18.0 Å². The van der Waals surface area contributed by atoms with E-state index in [9.17, 15) is 22.8 Å². The molecule has 1 atom stereocenters. The number of aromatic amines is 1. The Balaban J connectivity index is 2.01. The minimum absolute atomic E-state index is 0.0380. The summed E-state index contributed by atoms with van der Waals surface area (Å²) in [7, 11) is 0. The molecular formula is C20H20ClF3N6O2. The van der Waals surface area contributed by atoms with Crippen LogP contribution in [0.2, 0.25) is 5.02 Å². The minimum Gasteiger partial charge on any atom is -0.394 e. The Morgan fingerprint density at radius 1 is 1.31 bits per heavy atom. The van der Waals surface area contributed by atoms with Gasteiger partial charge in [0.15, 0.2) is 0 Å². The maximum atomic E-state index is 13.5. The molecule has 0 spiro atoms. The van der Waals surface area contributed by atoms with Crippen LogP contribution in [-0.2, 0) is 4.79 Å². The molecule has 1 aromatic carbocycles. The molecule has 0 aliphatic carbocycles. The first kappa shape index (κ1) is 23.3. The third kappa shape index (κ3) is 4.77. The molecular weight excluding hydrogens is 449 g/mol. The van der Waals surface area contributed by atoms with E-state index in [1.54, 1.807) is 11.8 Å². The van der Waals surface area contributed by atoms with Crippen LogP contribution in [0.25, 0.3) is 0 Å². The Kier molecular flexibility index (Phi) is 6.87. The van der Waals surface area contributed by atoms with E-state index in [0.29, 0.717) is 17.9 Å². The van der Waals surface area contributed by atoms with Crippen molar-refractivity contribution in [2.45, 2.75) is 25.8 Å². The summed E-state index contributed by atoms with van der Waals surface area (Å²) in [6, 6.07) is 2.33. The Labute approximate surface area is 185 Å². The average Bonchev–Trinajstić information content (AvgIpc) is 2.75. The number of H-pyrrole nitrogens is 1. The number of carbonyl (C=O) groups is 1. The number of nitrogens with zero attached hydrogens (tertiary/aromatic N) is 3. The molecule has 2 aromatic rings. The number of piperidine rings is 1. The molecule has 0 saturated carbocycles. The van der Waals surface area contributed by atoms with Crippen molar-refractivity contribution in [2.75, 3.05) is 18.0 Å². The number of alkyl halides is 2. The number of benzene rings is 1. The monoisotopic (exact) mass is 468 g/mol. The van der Waals surface area contributed by atoms with Gasteiger partial charge in [0.1, 0.15) is 16.5 Å². The number of aliphatic imine (C=N–C) groups is 1. The van der Waals surface area contributed by atoms with Gasteiger partial charge >= 0.3 is 0 Å². The van der Waals surface area contributed by atoms with Gasteiger partial charge in [0.2, 0.25) is 0 Å². The first-order chi connectivity index (χ1) is 15.1. The fourth-order valence-corrected chi connectivity index (χ4v) is 3.71. The second kappa shape index (κ2) is 9.43. The third-order valence-electron chi connectivity index (χ3n) is 5.11. The molecule has 8 nitrogen and oxygen atoms in total. The van der Waals surface area contributed by atoms with Crippen LogP contribution < -0.4 is 21.9 Å². The van der Waals surface area contributed by atoms with E-state index in [0.717, 1.165) is 12.1 Å². The fraction of sp³-hybridized carbons (Fsp3) is 0.300. The summed E-state index contributed by atoms with van der Waals surface area (Å²) in [5, 5.41) is 5.86. The molecule has 0 bridgehead atoms. The number of anilines is 1. The third-order valence-corrected chi connectivity index (χ3v) is 5.47. The lowest BCUT2D eigenvalue weighted by Crippen LogP contribution is -2.40. The summed E-state index contributed by atoms with van der Waals surface area (Å²) >= 11 is 6.08. The average molecular weight is 469 g/mol. The number of carbonyl (C=O) groups excluding carboxylic acids is 1. The lowest BCUT2D eigenvalue weighted by atomic mass is 9.97. The second-order valence-electron chi connectivity index (χ2n) is 7.15. The lowest BCUT2D eigenvalue weighted by molar-refractivity contribution is -0.114. The summed E-state index contributed by atoms with van der Waals surface area (Å²) in [4.78, 5) is 29.7. The first-order valence-electron chi connectivity index (χ1n) is 9.51. The zero-order valence-corrected chi connectivity index (χ0v) is 17.7. The molecule has 32 heavy (non-hydrogen) atoms. The van der Waals surface area contributed by atoms with Crippen molar-refractivity contribution in [3.05, 3.63) is 68.0 Å². The smallest absolute Gasteiger partial charge is 0.285 e. The molecule has 3 rings (SSSR count). The molecule has 1 saturated heterocycles. The van der Waals surface area contributed by atoms with Gasteiger partial charge in [0.25, 0.3) is 17.9 Å². The van der Waals surface area contributed by atoms with Crippen molar-refractivity contribution >= 4 is 28.9 Å². The standard InChI is InChI=1S/C20H20ClF3N6O2/c1-9(11-3-2-10(22)6-12(11)18(23)24)28-14-4-5-30(8-13(14)17(25)19(26)31)15-7-27-29-20(32)16(15)21/h2-3,6-7,9,18H,4-5,8,25H2,1H3,(H2,26,31)(H,29,32)/t9-/m0/s1. The topological polar surface area (TPSA) is 130 Å². The van der Waals surface area contributed by atoms with Crippen LogP contribution in [0.3, 0.4) is 0 Å². The number of amides is 1. The van der Waals surface area contributed by atoms with Crippen LogP contribution >= 0.6 is 11.6 Å². The molecule has 1 fully saturated rings.